The Morgan fingerprint density at radius 2 is 1.95 bits per heavy atom. The first-order chi connectivity index (χ1) is 10.3. The first-order valence-corrected chi connectivity index (χ1v) is 7.73. The number of carbonyl (C=O) groups excluding carboxylic acids is 1. The molecule has 0 aliphatic carbocycles. The van der Waals surface area contributed by atoms with E-state index in [2.05, 4.69) is 12.2 Å². The maximum Gasteiger partial charge on any atom is 0.410 e. The maximum absolute atomic E-state index is 12.1. The topological polar surface area (TPSA) is 61.8 Å². The minimum atomic E-state index is -0.585. The van der Waals surface area contributed by atoms with Gasteiger partial charge in [0.05, 0.1) is 18.7 Å². The van der Waals surface area contributed by atoms with Gasteiger partial charge in [-0.3, -0.25) is 0 Å². The van der Waals surface area contributed by atoms with Crippen LogP contribution in [0.15, 0.2) is 30.3 Å². The predicted octanol–water partition coefficient (Wildman–Crippen LogP) is 2.32. The number of amides is 1. The summed E-state index contributed by atoms with van der Waals surface area (Å²) in [6.07, 6.45) is -0.957. The Labute approximate surface area is 132 Å². The molecule has 2 N–H and O–H groups in total. The molecule has 1 amide bonds. The number of carbonyl (C=O) groups is 1. The quantitative estimate of drug-likeness (QED) is 0.899. The summed E-state index contributed by atoms with van der Waals surface area (Å²) in [4.78, 5) is 13.6. The summed E-state index contributed by atoms with van der Waals surface area (Å²) >= 11 is 0. The summed E-state index contributed by atoms with van der Waals surface area (Å²) in [5, 5.41) is 13.6. The van der Waals surface area contributed by atoms with Crippen LogP contribution in [0.4, 0.5) is 4.79 Å². The third-order valence-corrected chi connectivity index (χ3v) is 3.70. The molecule has 3 atom stereocenters. The highest BCUT2D eigenvalue weighted by molar-refractivity contribution is 5.68. The molecule has 0 radical (unpaired) electrons. The normalized spacial score (nSPS) is 23.4. The average Bonchev–Trinajstić information content (AvgIpc) is 2.79. The van der Waals surface area contributed by atoms with E-state index >= 15 is 0 Å². The van der Waals surface area contributed by atoms with Crippen LogP contribution in [0.25, 0.3) is 0 Å². The van der Waals surface area contributed by atoms with Crippen molar-refractivity contribution >= 4 is 6.09 Å². The van der Waals surface area contributed by atoms with Crippen LogP contribution in [0.2, 0.25) is 0 Å². The summed E-state index contributed by atoms with van der Waals surface area (Å²) < 4.78 is 5.36. The van der Waals surface area contributed by atoms with Crippen molar-refractivity contribution in [2.75, 3.05) is 13.1 Å². The highest BCUT2D eigenvalue weighted by atomic mass is 16.6. The Hall–Kier alpha value is -1.59. The molecule has 1 aliphatic heterocycles. The number of nitrogens with zero attached hydrogens (tertiary/aromatic N) is 1. The minimum Gasteiger partial charge on any atom is -0.444 e. The van der Waals surface area contributed by atoms with Crippen molar-refractivity contribution in [3.63, 3.8) is 0 Å². The van der Waals surface area contributed by atoms with Crippen LogP contribution < -0.4 is 5.32 Å². The fourth-order valence-electron chi connectivity index (χ4n) is 2.59. The number of likely N-dealkylation sites (tertiary alicyclic amines) is 1. The molecule has 5 heteroatoms. The largest absolute Gasteiger partial charge is 0.444 e. The van der Waals surface area contributed by atoms with Crippen LogP contribution in [0.1, 0.15) is 39.3 Å². The van der Waals surface area contributed by atoms with Gasteiger partial charge in [0.2, 0.25) is 0 Å². The second-order valence-electron chi connectivity index (χ2n) is 6.86. The lowest BCUT2D eigenvalue weighted by Gasteiger charge is -2.25. The molecule has 1 heterocycles. The zero-order valence-corrected chi connectivity index (χ0v) is 13.7. The van der Waals surface area contributed by atoms with Gasteiger partial charge in [0.25, 0.3) is 0 Å². The Bertz CT molecular complexity index is 498. The fraction of sp³-hybridized carbons (Fsp3) is 0.588. The lowest BCUT2D eigenvalue weighted by Crippen LogP contribution is -2.41. The van der Waals surface area contributed by atoms with Gasteiger partial charge in [-0.15, -0.1) is 0 Å². The molecule has 5 nitrogen and oxygen atoms in total. The molecule has 0 bridgehead atoms. The van der Waals surface area contributed by atoms with Crippen molar-refractivity contribution in [3.05, 3.63) is 35.9 Å². The van der Waals surface area contributed by atoms with Crippen molar-refractivity contribution in [3.8, 4) is 0 Å². The second kappa shape index (κ2) is 6.67. The summed E-state index contributed by atoms with van der Waals surface area (Å²) in [5.41, 5.74) is 0.635. The molecule has 1 aromatic rings. The molecule has 0 saturated carbocycles. The molecule has 122 valence electrons. The molecule has 1 fully saturated rings. The molecule has 0 aromatic heterocycles. The van der Waals surface area contributed by atoms with Crippen LogP contribution >= 0.6 is 0 Å². The number of β-amino-alcohol motifs (C(OH)–C–C–N with tert-alkyl or cyclic N) is 1. The van der Waals surface area contributed by atoms with Gasteiger partial charge >= 0.3 is 6.09 Å². The van der Waals surface area contributed by atoms with Gasteiger partial charge in [-0.2, -0.15) is 0 Å². The van der Waals surface area contributed by atoms with E-state index in [-0.39, 0.29) is 18.2 Å². The molecule has 1 aliphatic rings. The van der Waals surface area contributed by atoms with Crippen LogP contribution in [0, 0.1) is 0 Å². The standard InChI is InChI=1S/C17H26N2O3/c1-12(13-8-6-5-7-9-13)18-14-10-19(11-15(14)20)16(21)22-17(2,3)4/h5-9,12,14-15,18,20H,10-11H2,1-4H3. The fourth-order valence-corrected chi connectivity index (χ4v) is 2.59. The molecular weight excluding hydrogens is 280 g/mol. The van der Waals surface area contributed by atoms with E-state index in [1.54, 1.807) is 4.90 Å². The van der Waals surface area contributed by atoms with Gasteiger partial charge in [0.1, 0.15) is 5.60 Å². The summed E-state index contributed by atoms with van der Waals surface area (Å²) in [6.45, 7) is 8.32. The van der Waals surface area contributed by atoms with E-state index in [1.807, 2.05) is 51.1 Å². The number of aliphatic hydroxyl groups is 1. The molecule has 0 spiro atoms. The third-order valence-electron chi connectivity index (χ3n) is 3.70. The van der Waals surface area contributed by atoms with Crippen molar-refractivity contribution in [1.29, 1.82) is 0 Å². The molecule has 2 rings (SSSR count). The highest BCUT2D eigenvalue weighted by Gasteiger charge is 2.36. The van der Waals surface area contributed by atoms with Gasteiger partial charge in [-0.05, 0) is 33.3 Å². The van der Waals surface area contributed by atoms with E-state index in [1.165, 1.54) is 0 Å². The average molecular weight is 306 g/mol. The number of rotatable bonds is 3. The van der Waals surface area contributed by atoms with Crippen molar-refractivity contribution < 1.29 is 14.6 Å². The highest BCUT2D eigenvalue weighted by Crippen LogP contribution is 2.19. The number of hydrogen-bond acceptors (Lipinski definition) is 4. The lowest BCUT2D eigenvalue weighted by atomic mass is 10.1. The van der Waals surface area contributed by atoms with Gasteiger partial charge < -0.3 is 20.1 Å². The van der Waals surface area contributed by atoms with E-state index in [0.29, 0.717) is 13.1 Å². The van der Waals surface area contributed by atoms with Crippen LogP contribution in [0.3, 0.4) is 0 Å². The van der Waals surface area contributed by atoms with E-state index < -0.39 is 11.7 Å². The Kier molecular flexibility index (Phi) is 5.08. The van der Waals surface area contributed by atoms with Crippen molar-refractivity contribution in [1.82, 2.24) is 10.2 Å². The number of hydrogen-bond donors (Lipinski definition) is 2. The Morgan fingerprint density at radius 3 is 2.55 bits per heavy atom. The van der Waals surface area contributed by atoms with Crippen LogP contribution in [0.5, 0.6) is 0 Å². The van der Waals surface area contributed by atoms with Crippen molar-refractivity contribution in [2.24, 2.45) is 0 Å². The lowest BCUT2D eigenvalue weighted by molar-refractivity contribution is 0.0270. The smallest absolute Gasteiger partial charge is 0.410 e. The zero-order chi connectivity index (χ0) is 16.3. The van der Waals surface area contributed by atoms with Gasteiger partial charge in [-0.25, -0.2) is 4.79 Å². The first-order valence-electron chi connectivity index (χ1n) is 7.73. The molecule has 22 heavy (non-hydrogen) atoms. The Morgan fingerprint density at radius 1 is 1.32 bits per heavy atom. The van der Waals surface area contributed by atoms with Gasteiger partial charge in [-0.1, -0.05) is 30.3 Å². The molecule has 1 saturated heterocycles. The summed E-state index contributed by atoms with van der Waals surface area (Å²) in [7, 11) is 0. The van der Waals surface area contributed by atoms with E-state index in [9.17, 15) is 9.90 Å². The van der Waals surface area contributed by atoms with Gasteiger partial charge in [0, 0.05) is 12.6 Å². The molecular formula is C17H26N2O3. The monoisotopic (exact) mass is 306 g/mol. The molecule has 3 unspecified atom stereocenters. The van der Waals surface area contributed by atoms with E-state index in [4.69, 9.17) is 4.74 Å². The maximum atomic E-state index is 12.1. The molecule has 1 aromatic carbocycles. The van der Waals surface area contributed by atoms with E-state index in [0.717, 1.165) is 5.56 Å². The summed E-state index contributed by atoms with van der Waals surface area (Å²) in [5.74, 6) is 0. The minimum absolute atomic E-state index is 0.111. The SMILES string of the molecule is CC(NC1CN(C(=O)OC(C)(C)C)CC1O)c1ccccc1. The zero-order valence-electron chi connectivity index (χ0n) is 13.7. The summed E-state index contributed by atoms with van der Waals surface area (Å²) in [6, 6.07) is 10.0. The van der Waals surface area contributed by atoms with Gasteiger partial charge in [0.15, 0.2) is 0 Å². The van der Waals surface area contributed by atoms with Crippen LogP contribution in [-0.2, 0) is 4.74 Å². The predicted molar refractivity (Wildman–Crippen MR) is 85.6 cm³/mol. The second-order valence-corrected chi connectivity index (χ2v) is 6.86. The van der Waals surface area contributed by atoms with Crippen molar-refractivity contribution in [2.45, 2.75) is 51.5 Å². The number of benzene rings is 1. The third kappa shape index (κ3) is 4.45. The number of nitrogens with one attached hydrogen (secondary N) is 1. The van der Waals surface area contributed by atoms with Crippen LogP contribution in [-0.4, -0.2) is 46.9 Å². The number of aliphatic hydroxyl groups excluding tert-OH is 1. The number of ether oxygens (including phenoxy) is 1. The Balaban J connectivity index is 1.92. The first kappa shape index (κ1) is 16.8.